The highest BCUT2D eigenvalue weighted by atomic mass is 79.9. The molecule has 2 aliphatic rings. The molecular weight excluding hydrogens is 457 g/mol. The molecule has 1 aromatic carbocycles. The number of anilines is 1. The highest BCUT2D eigenvalue weighted by molar-refractivity contribution is 9.09. The van der Waals surface area contributed by atoms with Gasteiger partial charge in [0.1, 0.15) is 6.61 Å². The van der Waals surface area contributed by atoms with E-state index in [1.807, 2.05) is 13.0 Å². The van der Waals surface area contributed by atoms with Gasteiger partial charge in [-0.15, -0.1) is 0 Å². The van der Waals surface area contributed by atoms with Gasteiger partial charge in [-0.2, -0.15) is 0 Å². The molecule has 0 saturated heterocycles. The van der Waals surface area contributed by atoms with Crippen LogP contribution >= 0.6 is 15.9 Å². The number of alkyl halides is 1. The Morgan fingerprint density at radius 1 is 1.33 bits per heavy atom. The number of carbonyl (C=O) groups is 1. The maximum absolute atomic E-state index is 14.6. The van der Waals surface area contributed by atoms with Crippen molar-refractivity contribution < 1.29 is 18.7 Å². The number of hydrogen-bond donors (Lipinski definition) is 1. The lowest BCUT2D eigenvalue weighted by Gasteiger charge is -2.17. The van der Waals surface area contributed by atoms with Crippen molar-refractivity contribution in [1.29, 1.82) is 0 Å². The third kappa shape index (κ3) is 2.64. The number of rotatable bonds is 3. The van der Waals surface area contributed by atoms with Gasteiger partial charge in [0, 0.05) is 22.3 Å². The van der Waals surface area contributed by atoms with Gasteiger partial charge in [0.2, 0.25) is 0 Å². The second kappa shape index (κ2) is 6.80. The summed E-state index contributed by atoms with van der Waals surface area (Å²) in [5, 5.41) is 1.16. The monoisotopic (exact) mass is 473 g/mol. The lowest BCUT2D eigenvalue weighted by molar-refractivity contribution is -0.145. The smallest absolute Gasteiger partial charge is 0.310 e. The molecule has 4 heterocycles. The number of cyclic esters (lactones) is 1. The van der Waals surface area contributed by atoms with E-state index in [2.05, 4.69) is 20.9 Å². The highest BCUT2D eigenvalue weighted by Crippen LogP contribution is 2.41. The molecule has 2 N–H and O–H groups in total. The van der Waals surface area contributed by atoms with E-state index in [1.165, 1.54) is 6.07 Å². The number of carbonyl (C=O) groups excluding carboxylic acids is 1. The van der Waals surface area contributed by atoms with Crippen LogP contribution in [0, 0.1) is 12.7 Å². The van der Waals surface area contributed by atoms with Crippen molar-refractivity contribution in [2.24, 2.45) is 0 Å². The van der Waals surface area contributed by atoms with Crippen molar-refractivity contribution >= 4 is 38.5 Å². The van der Waals surface area contributed by atoms with Gasteiger partial charge in [-0.3, -0.25) is 9.59 Å². The fourth-order valence-electron chi connectivity index (χ4n) is 4.25. The third-order valence-corrected chi connectivity index (χ3v) is 6.01. The van der Waals surface area contributed by atoms with Gasteiger partial charge in [0.25, 0.3) is 5.56 Å². The number of benzene rings is 1. The molecule has 0 saturated carbocycles. The minimum absolute atomic E-state index is 0.00519. The van der Waals surface area contributed by atoms with E-state index in [0.717, 1.165) is 11.1 Å². The topological polar surface area (TPSA) is 96.4 Å². The van der Waals surface area contributed by atoms with Crippen molar-refractivity contribution in [3.8, 4) is 17.1 Å². The van der Waals surface area contributed by atoms with Crippen LogP contribution in [0.4, 0.5) is 10.1 Å². The molecule has 0 aliphatic carbocycles. The maximum Gasteiger partial charge on any atom is 0.310 e. The number of esters is 1. The summed E-state index contributed by atoms with van der Waals surface area (Å²) in [5.41, 5.74) is 10.7. The Balaban J connectivity index is 1.74. The van der Waals surface area contributed by atoms with E-state index in [1.54, 1.807) is 4.57 Å². The minimum atomic E-state index is -0.587. The summed E-state index contributed by atoms with van der Waals surface area (Å²) < 4.78 is 26.8. The van der Waals surface area contributed by atoms with Crippen LogP contribution in [-0.4, -0.2) is 27.5 Å². The predicted molar refractivity (Wildman–Crippen MR) is 112 cm³/mol. The Hall–Kier alpha value is -2.94. The molecule has 0 bridgehead atoms. The standard InChI is InChI=1S/C21H17BrFN3O4/c1-9-11-7-26-15(4-10-5-16(27)30-8-12(10)21(26)28)19(11)25-14-6-13(23)20(29-3-2-22)18(24)17(9)14/h4,6H,2-3,5,7-8,24H2,1H3. The summed E-state index contributed by atoms with van der Waals surface area (Å²) in [6.07, 6.45) is 0.0517. The first kappa shape index (κ1) is 19.0. The number of ether oxygens (including phenoxy) is 2. The number of pyridine rings is 2. The zero-order valence-corrected chi connectivity index (χ0v) is 17.6. The fourth-order valence-corrected chi connectivity index (χ4v) is 4.41. The predicted octanol–water partition coefficient (Wildman–Crippen LogP) is 2.83. The summed E-state index contributed by atoms with van der Waals surface area (Å²) in [4.78, 5) is 29.3. The molecule has 2 aliphatic heterocycles. The number of fused-ring (bicyclic) bond motifs is 5. The molecule has 0 amide bonds. The van der Waals surface area contributed by atoms with Gasteiger partial charge >= 0.3 is 5.97 Å². The number of hydrogen-bond acceptors (Lipinski definition) is 6. The summed E-state index contributed by atoms with van der Waals surface area (Å²) in [7, 11) is 0. The van der Waals surface area contributed by atoms with Crippen molar-refractivity contribution in [1.82, 2.24) is 9.55 Å². The Bertz CT molecular complexity index is 1320. The normalized spacial score (nSPS) is 14.3. The van der Waals surface area contributed by atoms with E-state index in [9.17, 15) is 14.0 Å². The largest absolute Gasteiger partial charge is 0.487 e. The number of nitrogen functional groups attached to an aromatic ring is 1. The molecule has 7 nitrogen and oxygen atoms in total. The van der Waals surface area contributed by atoms with Gasteiger partial charge in [0.05, 0.1) is 47.7 Å². The zero-order valence-electron chi connectivity index (χ0n) is 16.1. The Morgan fingerprint density at radius 3 is 2.90 bits per heavy atom. The van der Waals surface area contributed by atoms with Crippen molar-refractivity contribution in [3.05, 3.63) is 50.6 Å². The molecule has 0 fully saturated rings. The van der Waals surface area contributed by atoms with Gasteiger partial charge < -0.3 is 19.8 Å². The number of nitrogens with two attached hydrogens (primary N) is 1. The third-order valence-electron chi connectivity index (χ3n) is 5.68. The molecule has 154 valence electrons. The van der Waals surface area contributed by atoms with Crippen LogP contribution in [0.25, 0.3) is 22.3 Å². The van der Waals surface area contributed by atoms with Crippen LogP contribution in [0.15, 0.2) is 16.9 Å². The first-order valence-corrected chi connectivity index (χ1v) is 10.5. The quantitative estimate of drug-likeness (QED) is 0.279. The number of nitrogens with zero attached hydrogens (tertiary/aromatic N) is 2. The van der Waals surface area contributed by atoms with Crippen LogP contribution in [0.3, 0.4) is 0 Å². The van der Waals surface area contributed by atoms with Gasteiger partial charge in [-0.05, 0) is 24.1 Å². The Kier molecular flexibility index (Phi) is 4.32. The first-order chi connectivity index (χ1) is 14.4. The average Bonchev–Trinajstić information content (AvgIpc) is 3.07. The zero-order chi connectivity index (χ0) is 21.2. The van der Waals surface area contributed by atoms with Gasteiger partial charge in [-0.1, -0.05) is 15.9 Å². The van der Waals surface area contributed by atoms with Crippen LogP contribution in [0.1, 0.15) is 22.3 Å². The number of halogens is 2. The molecule has 0 unspecified atom stereocenters. The van der Waals surface area contributed by atoms with Crippen molar-refractivity contribution in [2.45, 2.75) is 26.5 Å². The molecule has 30 heavy (non-hydrogen) atoms. The van der Waals surface area contributed by atoms with Gasteiger partial charge in [0.15, 0.2) is 11.6 Å². The Labute approximate surface area is 178 Å². The second-order valence-electron chi connectivity index (χ2n) is 7.36. The summed E-state index contributed by atoms with van der Waals surface area (Å²) in [5.74, 6) is -0.944. The minimum Gasteiger partial charge on any atom is -0.487 e. The molecule has 2 aromatic heterocycles. The second-order valence-corrected chi connectivity index (χ2v) is 8.15. The van der Waals surface area contributed by atoms with Crippen molar-refractivity contribution in [3.63, 3.8) is 0 Å². The van der Waals surface area contributed by atoms with E-state index in [0.29, 0.717) is 45.3 Å². The SMILES string of the molecule is Cc1c2c(nc3cc(F)c(OCCBr)c(N)c13)-c1cc3c(c(=O)n1C2)COC(=O)C3. The van der Waals surface area contributed by atoms with E-state index in [-0.39, 0.29) is 42.6 Å². The van der Waals surface area contributed by atoms with Crippen molar-refractivity contribution in [2.75, 3.05) is 17.7 Å². The fraction of sp³-hybridized carbons (Fsp3) is 0.286. The van der Waals surface area contributed by atoms with E-state index < -0.39 is 5.82 Å². The van der Waals surface area contributed by atoms with Gasteiger partial charge in [-0.25, -0.2) is 9.37 Å². The molecular formula is C21H17BrFN3O4. The summed E-state index contributed by atoms with van der Waals surface area (Å²) in [6.45, 7) is 2.46. The van der Waals surface area contributed by atoms with Crippen LogP contribution in [0.5, 0.6) is 5.75 Å². The van der Waals surface area contributed by atoms with Crippen LogP contribution < -0.4 is 16.0 Å². The van der Waals surface area contributed by atoms with E-state index in [4.69, 9.17) is 15.2 Å². The molecule has 9 heteroatoms. The lowest BCUT2D eigenvalue weighted by Crippen LogP contribution is -2.29. The number of aryl methyl sites for hydroxylation is 1. The van der Waals surface area contributed by atoms with E-state index >= 15 is 0 Å². The maximum atomic E-state index is 14.6. The Morgan fingerprint density at radius 2 is 2.13 bits per heavy atom. The van der Waals surface area contributed by atoms with Crippen LogP contribution in [0.2, 0.25) is 0 Å². The molecule has 3 aromatic rings. The summed E-state index contributed by atoms with van der Waals surface area (Å²) in [6, 6.07) is 3.12. The van der Waals surface area contributed by atoms with Crippen LogP contribution in [-0.2, 0) is 29.1 Å². The molecule has 5 rings (SSSR count). The highest BCUT2D eigenvalue weighted by Gasteiger charge is 2.30. The lowest BCUT2D eigenvalue weighted by atomic mass is 9.99. The number of aromatic nitrogens is 2. The summed E-state index contributed by atoms with van der Waals surface area (Å²) >= 11 is 3.25. The first-order valence-electron chi connectivity index (χ1n) is 9.42. The molecule has 0 spiro atoms. The molecule has 0 atom stereocenters. The average molecular weight is 474 g/mol. The molecule has 0 radical (unpaired) electrons.